The van der Waals surface area contributed by atoms with E-state index in [1.165, 1.54) is 54.1 Å². The van der Waals surface area contributed by atoms with Crippen molar-refractivity contribution in [3.63, 3.8) is 0 Å². The lowest BCUT2D eigenvalue weighted by molar-refractivity contribution is -0.304. The summed E-state index contributed by atoms with van der Waals surface area (Å²) in [5.41, 5.74) is 1.87. The summed E-state index contributed by atoms with van der Waals surface area (Å²) < 4.78 is 82.2. The summed E-state index contributed by atoms with van der Waals surface area (Å²) in [5.74, 6) is 2.36. The molecule has 3 heterocycles. The summed E-state index contributed by atoms with van der Waals surface area (Å²) in [5, 5.41) is 20.2. The molecule has 13 nitrogen and oxygen atoms in total. The number of nitriles is 2. The monoisotopic (exact) mass is 1290 g/mol. The first-order chi connectivity index (χ1) is 43.3. The Balaban J connectivity index is 1.45. The van der Waals surface area contributed by atoms with Crippen LogP contribution in [0.15, 0.2) is 89.3 Å². The largest absolute Gasteiger partial charge is 0.493 e. The second-order valence-electron chi connectivity index (χ2n) is 23.6. The van der Waals surface area contributed by atoms with Crippen LogP contribution < -0.4 is 28.6 Å². The lowest BCUT2D eigenvalue weighted by atomic mass is 9.90. The van der Waals surface area contributed by atoms with Crippen LogP contribution >= 0.6 is 22.7 Å². The molecule has 1 aliphatic rings. The average Bonchev–Trinajstić information content (AvgIpc) is 1.66. The molecule has 2 aromatic heterocycles. The summed E-state index contributed by atoms with van der Waals surface area (Å²) in [6, 6.07) is 16.3. The van der Waals surface area contributed by atoms with Gasteiger partial charge in [0.25, 0.3) is 0 Å². The summed E-state index contributed by atoms with van der Waals surface area (Å²) in [7, 11) is -1.72. The molecule has 0 aliphatic carbocycles. The molecule has 0 bridgehead atoms. The standard InChI is InChI=1S/C71H93F3N4O9S2Si/c1-13-18-43-79-64-58(37-31-52-27-32-55(33-28-52)78(17-5)42-24-22-23-25-48-85-90(11,12)70(6,7)8)88-60(66(64)81-45-20-15-3)39-40-61-67(82-46-21-16-4)65(80-44-19-14-2)59(89-61)38-36-57-62(77-10)63(54(49-75)50-76)87-71(57,9)41-26-47-83-84-51-53-29-34-56(35-30-53)86-69(74)68(72)73/h27-40H,13-26,41-48,51H2,1-9,11-12H3/b37-31+,38-36+,40-39+. The van der Waals surface area contributed by atoms with Crippen molar-refractivity contribution >= 4 is 67.1 Å². The van der Waals surface area contributed by atoms with E-state index in [0.29, 0.717) is 61.2 Å². The molecule has 2 aromatic carbocycles. The molecule has 0 radical (unpaired) electrons. The van der Waals surface area contributed by atoms with E-state index in [0.717, 1.165) is 115 Å². The van der Waals surface area contributed by atoms with Crippen LogP contribution in [-0.4, -0.2) is 66.6 Å². The highest BCUT2D eigenvalue weighted by atomic mass is 32.1. The molecule has 19 heteroatoms. The molecule has 0 spiro atoms. The highest BCUT2D eigenvalue weighted by Crippen LogP contribution is 2.50. The number of anilines is 1. The van der Waals surface area contributed by atoms with Gasteiger partial charge >= 0.3 is 12.1 Å². The van der Waals surface area contributed by atoms with Gasteiger partial charge in [0, 0.05) is 31.0 Å². The molecule has 90 heavy (non-hydrogen) atoms. The van der Waals surface area contributed by atoms with E-state index in [1.807, 2.05) is 24.3 Å². The van der Waals surface area contributed by atoms with Gasteiger partial charge < -0.3 is 37.7 Å². The third kappa shape index (κ3) is 22.3. The maximum Gasteiger partial charge on any atom is 0.344 e. The van der Waals surface area contributed by atoms with Crippen LogP contribution in [0.3, 0.4) is 0 Å². The first-order valence-corrected chi connectivity index (χ1v) is 36.3. The van der Waals surface area contributed by atoms with E-state index in [1.54, 1.807) is 24.3 Å². The number of halogens is 3. The summed E-state index contributed by atoms with van der Waals surface area (Å²) in [4.78, 5) is 20.6. The van der Waals surface area contributed by atoms with E-state index in [9.17, 15) is 23.7 Å². The van der Waals surface area contributed by atoms with Gasteiger partial charge in [-0.1, -0.05) is 123 Å². The molecular formula is C71H93F3N4O9S2Si. The van der Waals surface area contributed by atoms with Crippen LogP contribution in [0, 0.1) is 29.2 Å². The number of nitrogens with zero attached hydrogens (tertiary/aromatic N) is 4. The molecule has 0 N–H and O–H groups in total. The molecule has 1 atom stereocenters. The van der Waals surface area contributed by atoms with Crippen molar-refractivity contribution in [3.8, 4) is 40.9 Å². The van der Waals surface area contributed by atoms with E-state index >= 15 is 0 Å². The topological polar surface area (TPSA) is 138 Å². The van der Waals surface area contributed by atoms with Crippen molar-refractivity contribution in [1.82, 2.24) is 0 Å². The third-order valence-electron chi connectivity index (χ3n) is 15.6. The number of thiophene rings is 2. The lowest BCUT2D eigenvalue weighted by Crippen LogP contribution is -2.40. The van der Waals surface area contributed by atoms with E-state index in [2.05, 4.69) is 125 Å². The zero-order chi connectivity index (χ0) is 65.5. The second-order valence-corrected chi connectivity index (χ2v) is 30.6. The minimum absolute atomic E-state index is 0.0101. The number of unbranched alkanes of at least 4 members (excludes halogenated alkanes) is 7. The van der Waals surface area contributed by atoms with Crippen LogP contribution in [-0.2, 0) is 25.5 Å². The van der Waals surface area contributed by atoms with Gasteiger partial charge in [-0.2, -0.15) is 23.7 Å². The van der Waals surface area contributed by atoms with E-state index in [4.69, 9.17) is 44.5 Å². The minimum atomic E-state index is -2.56. The van der Waals surface area contributed by atoms with Gasteiger partial charge in [-0.15, -0.1) is 22.7 Å². The number of ether oxygens (including phenoxy) is 6. The van der Waals surface area contributed by atoms with Gasteiger partial charge in [-0.25, -0.2) is 14.6 Å². The number of allylic oxidation sites excluding steroid dienone is 1. The Bertz CT molecular complexity index is 3190. The smallest absolute Gasteiger partial charge is 0.344 e. The number of rotatable bonds is 41. The Morgan fingerprint density at radius 3 is 1.61 bits per heavy atom. The van der Waals surface area contributed by atoms with Crippen LogP contribution in [0.4, 0.5) is 18.9 Å². The first-order valence-electron chi connectivity index (χ1n) is 31.8. The molecule has 0 saturated carbocycles. The van der Waals surface area contributed by atoms with Gasteiger partial charge in [-0.3, -0.25) is 0 Å². The van der Waals surface area contributed by atoms with E-state index < -0.39 is 26.0 Å². The van der Waals surface area contributed by atoms with Crippen LogP contribution in [0.5, 0.6) is 28.7 Å². The van der Waals surface area contributed by atoms with Gasteiger partial charge in [0.15, 0.2) is 42.6 Å². The van der Waals surface area contributed by atoms with Gasteiger partial charge in [0.2, 0.25) is 5.70 Å². The Kier molecular flexibility index (Phi) is 31.4. The summed E-state index contributed by atoms with van der Waals surface area (Å²) >= 11 is 3.08. The fourth-order valence-corrected chi connectivity index (χ4v) is 12.2. The van der Waals surface area contributed by atoms with Crippen LogP contribution in [0.25, 0.3) is 35.2 Å². The maximum absolute atomic E-state index is 13.3. The van der Waals surface area contributed by atoms with Crippen molar-refractivity contribution in [2.75, 3.05) is 57.6 Å². The predicted octanol–water partition coefficient (Wildman–Crippen LogP) is 20.9. The fourth-order valence-electron chi connectivity index (χ4n) is 9.16. The molecule has 0 amide bonds. The van der Waals surface area contributed by atoms with Gasteiger partial charge in [0.05, 0.1) is 59.1 Å². The Morgan fingerprint density at radius 1 is 0.644 bits per heavy atom. The van der Waals surface area contributed by atoms with Crippen molar-refractivity contribution < 1.29 is 55.8 Å². The van der Waals surface area contributed by atoms with Crippen molar-refractivity contribution in [2.24, 2.45) is 0 Å². The molecule has 0 fully saturated rings. The minimum Gasteiger partial charge on any atom is -0.493 e. The Labute approximate surface area is 542 Å². The second kappa shape index (κ2) is 38.2. The normalized spacial score (nSPS) is 14.3. The highest BCUT2D eigenvalue weighted by Gasteiger charge is 2.42. The summed E-state index contributed by atoms with van der Waals surface area (Å²) in [6.07, 6.45) is 21.9. The molecule has 488 valence electrons. The molecule has 1 unspecified atom stereocenters. The zero-order valence-corrected chi connectivity index (χ0v) is 57.4. The zero-order valence-electron chi connectivity index (χ0n) is 54.8. The molecule has 0 saturated heterocycles. The van der Waals surface area contributed by atoms with Gasteiger partial charge in [-0.05, 0) is 143 Å². The van der Waals surface area contributed by atoms with Gasteiger partial charge in [0.1, 0.15) is 30.1 Å². The van der Waals surface area contributed by atoms with Crippen LogP contribution in [0.2, 0.25) is 18.1 Å². The number of hydrogen-bond donors (Lipinski definition) is 0. The lowest BCUT2D eigenvalue weighted by Gasteiger charge is -2.36. The van der Waals surface area contributed by atoms with E-state index in [-0.39, 0.29) is 47.5 Å². The highest BCUT2D eigenvalue weighted by molar-refractivity contribution is 7.15. The SMILES string of the molecule is [C-]#[N+]C1=C(/C=C/c2sc(/C=C/c3sc(/C=C/c4ccc(N(CC)CCCCCCO[Si](C)(C)C(C)(C)C)cc4)c(OCCCC)c3OCCCC)c(OCCCC)c2OCCCC)C(C)(CCCOOCc2ccc(OC(F)=C(F)F)cc2)OC1=C(C#N)C#N. The number of hydrogen-bond acceptors (Lipinski definition) is 14. The van der Waals surface area contributed by atoms with Crippen molar-refractivity contribution in [1.29, 1.82) is 10.5 Å². The molecule has 4 aromatic rings. The van der Waals surface area contributed by atoms with Crippen molar-refractivity contribution in [3.05, 3.63) is 131 Å². The maximum atomic E-state index is 13.3. The number of benzene rings is 2. The third-order valence-corrected chi connectivity index (χ3v) is 22.3. The van der Waals surface area contributed by atoms with Crippen molar-refractivity contribution in [2.45, 2.75) is 183 Å². The molecular weight excluding hydrogens is 1200 g/mol. The molecule has 1 aliphatic heterocycles. The summed E-state index contributed by atoms with van der Waals surface area (Å²) in [6.45, 7) is 37.2. The Hall–Kier alpha value is -6.76. The average molecular weight is 1300 g/mol. The first kappa shape index (κ1) is 74.0. The predicted molar refractivity (Wildman–Crippen MR) is 362 cm³/mol. The fraction of sp³-hybridized carbons (Fsp3) is 0.507. The molecule has 5 rings (SSSR count). The quantitative estimate of drug-likeness (QED) is 0.00795. The van der Waals surface area contributed by atoms with Crippen LogP contribution in [0.1, 0.15) is 183 Å². The Morgan fingerprint density at radius 2 is 1.14 bits per heavy atom.